The van der Waals surface area contributed by atoms with Crippen molar-refractivity contribution < 1.29 is 4.79 Å². The van der Waals surface area contributed by atoms with Gasteiger partial charge in [0.05, 0.1) is 0 Å². The minimum atomic E-state index is -0.0798. The minimum absolute atomic E-state index is 0.0798. The Morgan fingerprint density at radius 3 is 2.33 bits per heavy atom. The standard InChI is InChI=1S/C17H21N3O/c1-5-14-9-13(10-16(18)19-14)17(21)20(4)15-7-11(2)6-12(3)8-15/h6-10H,5H2,1-4H3,(H2,18,19). The lowest BCUT2D eigenvalue weighted by Gasteiger charge is -2.19. The molecule has 0 fully saturated rings. The number of pyridine rings is 1. The van der Waals surface area contributed by atoms with Crippen LogP contribution in [-0.4, -0.2) is 17.9 Å². The van der Waals surface area contributed by atoms with Gasteiger partial charge in [-0.05, 0) is 55.7 Å². The van der Waals surface area contributed by atoms with Crippen molar-refractivity contribution in [1.29, 1.82) is 0 Å². The molecule has 0 unspecified atom stereocenters. The first kappa shape index (κ1) is 15.0. The number of aryl methyl sites for hydroxylation is 3. The van der Waals surface area contributed by atoms with Crippen LogP contribution in [-0.2, 0) is 6.42 Å². The summed E-state index contributed by atoms with van der Waals surface area (Å²) in [4.78, 5) is 18.5. The van der Waals surface area contributed by atoms with Gasteiger partial charge in [-0.3, -0.25) is 4.79 Å². The highest BCUT2D eigenvalue weighted by molar-refractivity contribution is 6.06. The fraction of sp³-hybridized carbons (Fsp3) is 0.294. The molecule has 2 rings (SSSR count). The topological polar surface area (TPSA) is 59.2 Å². The number of carbonyl (C=O) groups is 1. The van der Waals surface area contributed by atoms with Crippen LogP contribution in [0.3, 0.4) is 0 Å². The van der Waals surface area contributed by atoms with Crippen molar-refractivity contribution >= 4 is 17.4 Å². The van der Waals surface area contributed by atoms with E-state index in [4.69, 9.17) is 5.73 Å². The van der Waals surface area contributed by atoms with Crippen LogP contribution >= 0.6 is 0 Å². The zero-order valence-electron chi connectivity index (χ0n) is 13.0. The van der Waals surface area contributed by atoms with Crippen molar-refractivity contribution in [2.45, 2.75) is 27.2 Å². The SMILES string of the molecule is CCc1cc(C(=O)N(C)c2cc(C)cc(C)c2)cc(N)n1. The normalized spacial score (nSPS) is 10.5. The van der Waals surface area contributed by atoms with Crippen LogP contribution in [0.2, 0.25) is 0 Å². The highest BCUT2D eigenvalue weighted by Crippen LogP contribution is 2.20. The predicted octanol–water partition coefficient (Wildman–Crippen LogP) is 3.12. The van der Waals surface area contributed by atoms with E-state index in [0.717, 1.165) is 28.9 Å². The van der Waals surface area contributed by atoms with Gasteiger partial charge in [-0.1, -0.05) is 13.0 Å². The fourth-order valence-electron chi connectivity index (χ4n) is 2.37. The molecule has 0 bridgehead atoms. The Labute approximate surface area is 125 Å². The molecule has 4 nitrogen and oxygen atoms in total. The van der Waals surface area contributed by atoms with Gasteiger partial charge in [0.15, 0.2) is 0 Å². The molecule has 0 saturated carbocycles. The molecule has 1 heterocycles. The van der Waals surface area contributed by atoms with Gasteiger partial charge in [-0.15, -0.1) is 0 Å². The Kier molecular flexibility index (Phi) is 4.26. The Morgan fingerprint density at radius 2 is 1.76 bits per heavy atom. The summed E-state index contributed by atoms with van der Waals surface area (Å²) in [6, 6.07) is 9.51. The average Bonchev–Trinajstić information content (AvgIpc) is 2.43. The summed E-state index contributed by atoms with van der Waals surface area (Å²) >= 11 is 0. The Morgan fingerprint density at radius 1 is 1.14 bits per heavy atom. The molecular formula is C17H21N3O. The molecule has 1 aromatic carbocycles. The molecule has 0 aliphatic carbocycles. The highest BCUT2D eigenvalue weighted by atomic mass is 16.2. The Balaban J connectivity index is 2.36. The van der Waals surface area contributed by atoms with E-state index in [0.29, 0.717) is 11.4 Å². The lowest BCUT2D eigenvalue weighted by Crippen LogP contribution is -2.26. The van der Waals surface area contributed by atoms with Gasteiger partial charge in [0.1, 0.15) is 5.82 Å². The summed E-state index contributed by atoms with van der Waals surface area (Å²) in [5.74, 6) is 0.301. The second-order valence-electron chi connectivity index (χ2n) is 5.34. The quantitative estimate of drug-likeness (QED) is 0.941. The molecule has 21 heavy (non-hydrogen) atoms. The number of nitrogens with two attached hydrogens (primary N) is 1. The number of rotatable bonds is 3. The Bertz CT molecular complexity index is 659. The summed E-state index contributed by atoms with van der Waals surface area (Å²) in [6.45, 7) is 6.03. The zero-order chi connectivity index (χ0) is 15.6. The van der Waals surface area contributed by atoms with Crippen molar-refractivity contribution in [2.24, 2.45) is 0 Å². The second kappa shape index (κ2) is 5.95. The molecule has 0 spiro atoms. The van der Waals surface area contributed by atoms with E-state index >= 15 is 0 Å². The predicted molar refractivity (Wildman–Crippen MR) is 86.7 cm³/mol. The molecule has 1 aromatic heterocycles. The summed E-state index contributed by atoms with van der Waals surface area (Å²) in [5, 5.41) is 0. The maximum Gasteiger partial charge on any atom is 0.258 e. The zero-order valence-corrected chi connectivity index (χ0v) is 13.0. The number of aromatic nitrogens is 1. The first-order chi connectivity index (χ1) is 9.90. The molecule has 2 N–H and O–H groups in total. The Hall–Kier alpha value is -2.36. The third kappa shape index (κ3) is 3.40. The lowest BCUT2D eigenvalue weighted by molar-refractivity contribution is 0.0993. The average molecular weight is 283 g/mol. The summed E-state index contributed by atoms with van der Waals surface area (Å²) < 4.78 is 0. The number of anilines is 2. The van der Waals surface area contributed by atoms with E-state index in [9.17, 15) is 4.79 Å². The van der Waals surface area contributed by atoms with Crippen molar-refractivity contribution in [3.05, 3.63) is 52.7 Å². The lowest BCUT2D eigenvalue weighted by atomic mass is 10.1. The monoisotopic (exact) mass is 283 g/mol. The van der Waals surface area contributed by atoms with Crippen LogP contribution in [0.5, 0.6) is 0 Å². The van der Waals surface area contributed by atoms with Crippen molar-refractivity contribution in [3.63, 3.8) is 0 Å². The van der Waals surface area contributed by atoms with E-state index in [1.165, 1.54) is 0 Å². The highest BCUT2D eigenvalue weighted by Gasteiger charge is 2.15. The van der Waals surface area contributed by atoms with Gasteiger partial charge in [-0.25, -0.2) is 4.98 Å². The van der Waals surface area contributed by atoms with Crippen LogP contribution in [0.4, 0.5) is 11.5 Å². The van der Waals surface area contributed by atoms with E-state index in [2.05, 4.69) is 11.1 Å². The van der Waals surface area contributed by atoms with E-state index < -0.39 is 0 Å². The third-order valence-electron chi connectivity index (χ3n) is 3.41. The van der Waals surface area contributed by atoms with Crippen LogP contribution in [0.1, 0.15) is 34.1 Å². The fourth-order valence-corrected chi connectivity index (χ4v) is 2.37. The number of hydrogen-bond donors (Lipinski definition) is 1. The first-order valence-electron chi connectivity index (χ1n) is 7.03. The molecular weight excluding hydrogens is 262 g/mol. The third-order valence-corrected chi connectivity index (χ3v) is 3.41. The molecule has 0 radical (unpaired) electrons. The van der Waals surface area contributed by atoms with Gasteiger partial charge in [0, 0.05) is 24.0 Å². The first-order valence-corrected chi connectivity index (χ1v) is 7.03. The maximum absolute atomic E-state index is 12.6. The smallest absolute Gasteiger partial charge is 0.258 e. The number of nitrogens with zero attached hydrogens (tertiary/aromatic N) is 2. The molecule has 110 valence electrons. The van der Waals surface area contributed by atoms with Crippen molar-refractivity contribution in [1.82, 2.24) is 4.98 Å². The van der Waals surface area contributed by atoms with E-state index in [1.54, 1.807) is 24.1 Å². The number of hydrogen-bond acceptors (Lipinski definition) is 3. The van der Waals surface area contributed by atoms with Gasteiger partial charge in [0.2, 0.25) is 0 Å². The number of carbonyl (C=O) groups excluding carboxylic acids is 1. The molecule has 0 atom stereocenters. The van der Waals surface area contributed by atoms with Gasteiger partial charge in [0.25, 0.3) is 5.91 Å². The van der Waals surface area contributed by atoms with Crippen LogP contribution < -0.4 is 10.6 Å². The van der Waals surface area contributed by atoms with E-state index in [1.807, 2.05) is 32.9 Å². The maximum atomic E-state index is 12.6. The van der Waals surface area contributed by atoms with Gasteiger partial charge in [-0.2, -0.15) is 0 Å². The van der Waals surface area contributed by atoms with Crippen molar-refractivity contribution in [3.8, 4) is 0 Å². The number of amides is 1. The summed E-state index contributed by atoms with van der Waals surface area (Å²) in [6.07, 6.45) is 0.749. The van der Waals surface area contributed by atoms with Crippen molar-refractivity contribution in [2.75, 3.05) is 17.7 Å². The molecule has 1 amide bonds. The molecule has 0 saturated heterocycles. The minimum Gasteiger partial charge on any atom is -0.384 e. The largest absolute Gasteiger partial charge is 0.384 e. The number of nitrogen functional groups attached to an aromatic ring is 1. The molecule has 4 heteroatoms. The van der Waals surface area contributed by atoms with Crippen LogP contribution in [0.25, 0.3) is 0 Å². The number of benzene rings is 1. The van der Waals surface area contributed by atoms with Gasteiger partial charge < -0.3 is 10.6 Å². The van der Waals surface area contributed by atoms with E-state index in [-0.39, 0.29) is 5.91 Å². The van der Waals surface area contributed by atoms with Crippen LogP contribution in [0, 0.1) is 13.8 Å². The molecule has 2 aromatic rings. The molecule has 0 aliphatic rings. The van der Waals surface area contributed by atoms with Gasteiger partial charge >= 0.3 is 0 Å². The summed E-state index contributed by atoms with van der Waals surface area (Å²) in [5.41, 5.74) is 10.3. The molecule has 0 aliphatic heterocycles. The summed E-state index contributed by atoms with van der Waals surface area (Å²) in [7, 11) is 1.78. The second-order valence-corrected chi connectivity index (χ2v) is 5.34. The van der Waals surface area contributed by atoms with Crippen LogP contribution in [0.15, 0.2) is 30.3 Å².